The number of halogens is 2. The summed E-state index contributed by atoms with van der Waals surface area (Å²) in [4.78, 5) is 17.8. The molecular formula is C24H14F2N2O3S. The fourth-order valence-electron chi connectivity index (χ4n) is 3.55. The first-order valence-electron chi connectivity index (χ1n) is 9.53. The summed E-state index contributed by atoms with van der Waals surface area (Å²) in [5, 5.41) is 21.8. The number of benzene rings is 3. The standard InChI is InChI=1S/C24H14F2N2O3S/c25-15-8-6-13(7-9-15)20-19(21(29)14-4-2-1-3-5-14)22(30)23(31)28(20)24-27-17-11-10-16(26)12-18(17)32-24/h1-12,30-31H. The van der Waals surface area contributed by atoms with Crippen LogP contribution >= 0.6 is 11.3 Å². The lowest BCUT2D eigenvalue weighted by Gasteiger charge is -2.09. The third-order valence-electron chi connectivity index (χ3n) is 5.03. The van der Waals surface area contributed by atoms with Gasteiger partial charge < -0.3 is 10.2 Å². The average molecular weight is 448 g/mol. The van der Waals surface area contributed by atoms with Crippen LogP contribution in [0.4, 0.5) is 8.78 Å². The molecule has 0 fully saturated rings. The third-order valence-corrected chi connectivity index (χ3v) is 6.04. The van der Waals surface area contributed by atoms with Gasteiger partial charge in [0.05, 0.1) is 21.5 Å². The van der Waals surface area contributed by atoms with Gasteiger partial charge in [0, 0.05) is 5.56 Å². The van der Waals surface area contributed by atoms with Crippen LogP contribution in [0, 0.1) is 11.6 Å². The number of nitrogens with zero attached hydrogens (tertiary/aromatic N) is 2. The van der Waals surface area contributed by atoms with E-state index in [2.05, 4.69) is 4.98 Å². The Hall–Kier alpha value is -4.04. The molecule has 0 amide bonds. The van der Waals surface area contributed by atoms with Crippen LogP contribution in [0.2, 0.25) is 0 Å². The maximum Gasteiger partial charge on any atom is 0.242 e. The summed E-state index contributed by atoms with van der Waals surface area (Å²) >= 11 is 1.08. The van der Waals surface area contributed by atoms with E-state index in [1.807, 2.05) is 0 Å². The molecule has 8 heteroatoms. The van der Waals surface area contributed by atoms with E-state index in [1.54, 1.807) is 30.3 Å². The van der Waals surface area contributed by atoms with Crippen LogP contribution in [0.25, 0.3) is 26.6 Å². The molecule has 2 N–H and O–H groups in total. The number of ketones is 1. The molecular weight excluding hydrogens is 434 g/mol. The van der Waals surface area contributed by atoms with Crippen LogP contribution in [0.15, 0.2) is 72.8 Å². The second-order valence-corrected chi connectivity index (χ2v) is 8.05. The number of hydrogen-bond acceptors (Lipinski definition) is 5. The van der Waals surface area contributed by atoms with Gasteiger partial charge in [-0.25, -0.2) is 13.8 Å². The quantitative estimate of drug-likeness (QED) is 0.347. The van der Waals surface area contributed by atoms with Crippen molar-refractivity contribution in [3.63, 3.8) is 0 Å². The Kier molecular flexibility index (Phi) is 4.71. The maximum atomic E-state index is 13.7. The van der Waals surface area contributed by atoms with Crippen molar-refractivity contribution < 1.29 is 23.8 Å². The predicted molar refractivity (Wildman–Crippen MR) is 118 cm³/mol. The van der Waals surface area contributed by atoms with E-state index >= 15 is 0 Å². The Morgan fingerprint density at radius 1 is 0.906 bits per heavy atom. The van der Waals surface area contributed by atoms with Gasteiger partial charge in [-0.1, -0.05) is 41.7 Å². The highest BCUT2D eigenvalue weighted by atomic mass is 32.1. The van der Waals surface area contributed by atoms with Crippen LogP contribution in [0.5, 0.6) is 11.6 Å². The number of rotatable bonds is 4. The van der Waals surface area contributed by atoms with Gasteiger partial charge >= 0.3 is 0 Å². The highest BCUT2D eigenvalue weighted by Crippen LogP contribution is 2.45. The molecule has 0 saturated carbocycles. The van der Waals surface area contributed by atoms with E-state index in [-0.39, 0.29) is 16.4 Å². The Morgan fingerprint density at radius 3 is 2.31 bits per heavy atom. The van der Waals surface area contributed by atoms with Crippen LogP contribution in [-0.4, -0.2) is 25.5 Å². The minimum atomic E-state index is -0.622. The van der Waals surface area contributed by atoms with Gasteiger partial charge in [0.15, 0.2) is 16.7 Å². The summed E-state index contributed by atoms with van der Waals surface area (Å²) in [5.41, 5.74) is 1.17. The Balaban J connectivity index is 1.81. The number of fused-ring (bicyclic) bond motifs is 1. The molecule has 0 aliphatic rings. The molecule has 0 radical (unpaired) electrons. The minimum Gasteiger partial charge on any atom is -0.503 e. The van der Waals surface area contributed by atoms with Gasteiger partial charge in [-0.3, -0.25) is 9.36 Å². The first-order chi connectivity index (χ1) is 15.4. The molecule has 5 aromatic rings. The van der Waals surface area contributed by atoms with E-state index in [1.165, 1.54) is 47.0 Å². The van der Waals surface area contributed by atoms with E-state index in [4.69, 9.17) is 0 Å². The lowest BCUT2D eigenvalue weighted by atomic mass is 9.99. The monoisotopic (exact) mass is 448 g/mol. The molecule has 3 aromatic carbocycles. The molecule has 0 spiro atoms. The summed E-state index contributed by atoms with van der Waals surface area (Å²) in [6, 6.07) is 17.7. The van der Waals surface area contributed by atoms with Gasteiger partial charge in [-0.15, -0.1) is 0 Å². The lowest BCUT2D eigenvalue weighted by molar-refractivity contribution is 0.103. The fourth-order valence-corrected chi connectivity index (χ4v) is 4.55. The van der Waals surface area contributed by atoms with Crippen molar-refractivity contribution in [1.82, 2.24) is 9.55 Å². The van der Waals surface area contributed by atoms with Crippen molar-refractivity contribution in [3.8, 4) is 28.0 Å². The molecule has 32 heavy (non-hydrogen) atoms. The molecule has 5 nitrogen and oxygen atoms in total. The van der Waals surface area contributed by atoms with Crippen molar-refractivity contribution in [1.29, 1.82) is 0 Å². The molecule has 0 saturated heterocycles. The average Bonchev–Trinajstić information content (AvgIpc) is 3.32. The maximum absolute atomic E-state index is 13.7. The van der Waals surface area contributed by atoms with Gasteiger partial charge in [-0.2, -0.15) is 0 Å². The third kappa shape index (κ3) is 3.21. The zero-order chi connectivity index (χ0) is 22.4. The predicted octanol–water partition coefficient (Wildman–Crippen LogP) is 5.67. The molecule has 0 unspecified atom stereocenters. The molecule has 2 heterocycles. The summed E-state index contributed by atoms with van der Waals surface area (Å²) in [6.07, 6.45) is 0. The zero-order valence-corrected chi connectivity index (χ0v) is 17.1. The van der Waals surface area contributed by atoms with Crippen molar-refractivity contribution >= 4 is 27.3 Å². The Morgan fingerprint density at radius 2 is 1.59 bits per heavy atom. The highest BCUT2D eigenvalue weighted by molar-refractivity contribution is 7.20. The van der Waals surface area contributed by atoms with Crippen LogP contribution < -0.4 is 0 Å². The lowest BCUT2D eigenvalue weighted by Crippen LogP contribution is -2.04. The van der Waals surface area contributed by atoms with Crippen molar-refractivity contribution in [2.45, 2.75) is 0 Å². The minimum absolute atomic E-state index is 0.147. The van der Waals surface area contributed by atoms with Gasteiger partial charge in [0.25, 0.3) is 0 Å². The first-order valence-corrected chi connectivity index (χ1v) is 10.3. The molecule has 0 aliphatic carbocycles. The van der Waals surface area contributed by atoms with E-state index in [0.29, 0.717) is 21.3 Å². The summed E-state index contributed by atoms with van der Waals surface area (Å²) in [5.74, 6) is -2.66. The van der Waals surface area contributed by atoms with Crippen LogP contribution in [0.1, 0.15) is 15.9 Å². The van der Waals surface area contributed by atoms with Crippen LogP contribution in [-0.2, 0) is 0 Å². The zero-order valence-electron chi connectivity index (χ0n) is 16.3. The number of thiazole rings is 1. The first kappa shape index (κ1) is 19.9. The summed E-state index contributed by atoms with van der Waals surface area (Å²) in [6.45, 7) is 0. The van der Waals surface area contributed by atoms with Gasteiger partial charge in [0.1, 0.15) is 11.6 Å². The van der Waals surface area contributed by atoms with Crippen LogP contribution in [0.3, 0.4) is 0 Å². The highest BCUT2D eigenvalue weighted by Gasteiger charge is 2.31. The van der Waals surface area contributed by atoms with Gasteiger partial charge in [-0.05, 0) is 48.0 Å². The normalized spacial score (nSPS) is 11.2. The fraction of sp³-hybridized carbons (Fsp3) is 0. The number of aromatic nitrogens is 2. The topological polar surface area (TPSA) is 75.3 Å². The van der Waals surface area contributed by atoms with E-state index < -0.39 is 29.0 Å². The smallest absolute Gasteiger partial charge is 0.242 e. The number of carbonyl (C=O) groups is 1. The second-order valence-electron chi connectivity index (χ2n) is 7.04. The molecule has 158 valence electrons. The Labute approximate surface area is 184 Å². The number of hydrogen-bond donors (Lipinski definition) is 2. The molecule has 2 aromatic heterocycles. The molecule has 0 atom stereocenters. The largest absolute Gasteiger partial charge is 0.503 e. The van der Waals surface area contributed by atoms with E-state index in [9.17, 15) is 23.8 Å². The molecule has 5 rings (SSSR count). The number of aromatic hydroxyl groups is 2. The molecule has 0 aliphatic heterocycles. The van der Waals surface area contributed by atoms with Crippen molar-refractivity contribution in [2.75, 3.05) is 0 Å². The van der Waals surface area contributed by atoms with Crippen molar-refractivity contribution in [3.05, 3.63) is 95.6 Å². The SMILES string of the molecule is O=C(c1ccccc1)c1c(O)c(O)n(-c2nc3ccc(F)cc3s2)c1-c1ccc(F)cc1. The van der Waals surface area contributed by atoms with Gasteiger partial charge in [0.2, 0.25) is 5.88 Å². The molecule has 0 bridgehead atoms. The Bertz CT molecular complexity index is 1480. The second kappa shape index (κ2) is 7.58. The van der Waals surface area contributed by atoms with Crippen molar-refractivity contribution in [2.24, 2.45) is 0 Å². The summed E-state index contributed by atoms with van der Waals surface area (Å²) in [7, 11) is 0. The van der Waals surface area contributed by atoms with E-state index in [0.717, 1.165) is 11.3 Å². The number of carbonyl (C=O) groups excluding carboxylic acids is 1. The summed E-state index contributed by atoms with van der Waals surface area (Å²) < 4.78 is 29.0.